The van der Waals surface area contributed by atoms with E-state index < -0.39 is 0 Å². The van der Waals surface area contributed by atoms with E-state index in [4.69, 9.17) is 22.1 Å². The highest BCUT2D eigenvalue weighted by molar-refractivity contribution is 7.16. The van der Waals surface area contributed by atoms with Gasteiger partial charge in [-0.25, -0.2) is 4.98 Å². The van der Waals surface area contributed by atoms with Crippen LogP contribution in [0, 0.1) is 6.92 Å². The molecule has 3 nitrogen and oxygen atoms in total. The van der Waals surface area contributed by atoms with Gasteiger partial charge < -0.3 is 10.5 Å². The molecule has 3 rings (SSSR count). The molecule has 0 saturated carbocycles. The zero-order valence-electron chi connectivity index (χ0n) is 10.2. The van der Waals surface area contributed by atoms with Gasteiger partial charge in [-0.2, -0.15) is 0 Å². The monoisotopic (exact) mass is 290 g/mol. The molecule has 0 saturated heterocycles. The van der Waals surface area contributed by atoms with Gasteiger partial charge in [0.1, 0.15) is 17.0 Å². The predicted octanol–water partition coefficient (Wildman–Crippen LogP) is 4.63. The number of anilines is 1. The maximum Gasteiger partial charge on any atom is 0.152 e. The van der Waals surface area contributed by atoms with E-state index >= 15 is 0 Å². The van der Waals surface area contributed by atoms with Crippen LogP contribution < -0.4 is 10.5 Å². The molecule has 2 N–H and O–H groups in total. The van der Waals surface area contributed by atoms with Crippen molar-refractivity contribution >= 4 is 38.8 Å². The van der Waals surface area contributed by atoms with Gasteiger partial charge in [-0.3, -0.25) is 0 Å². The van der Waals surface area contributed by atoms with Gasteiger partial charge in [0.25, 0.3) is 0 Å². The molecular weight excluding hydrogens is 280 g/mol. The Morgan fingerprint density at radius 2 is 2.00 bits per heavy atom. The second-order valence-corrected chi connectivity index (χ2v) is 5.51. The fourth-order valence-corrected chi connectivity index (χ4v) is 2.79. The SMILES string of the molecule is Cc1cc(Cl)ccc1Oc1ccc2scnc2c1N. The lowest BCUT2D eigenvalue weighted by Gasteiger charge is -2.11. The number of nitrogen functional groups attached to an aromatic ring is 1. The molecule has 0 aliphatic heterocycles. The Morgan fingerprint density at radius 1 is 1.21 bits per heavy atom. The summed E-state index contributed by atoms with van der Waals surface area (Å²) in [5.41, 5.74) is 10.2. The number of aryl methyl sites for hydroxylation is 1. The minimum absolute atomic E-state index is 0.563. The van der Waals surface area contributed by atoms with Crippen molar-refractivity contribution in [2.45, 2.75) is 6.92 Å². The zero-order chi connectivity index (χ0) is 13.4. The van der Waals surface area contributed by atoms with Crippen LogP contribution in [0.4, 0.5) is 5.69 Å². The van der Waals surface area contributed by atoms with E-state index in [1.165, 1.54) is 0 Å². The van der Waals surface area contributed by atoms with E-state index in [9.17, 15) is 0 Å². The molecule has 0 aliphatic carbocycles. The molecule has 1 heterocycles. The fraction of sp³-hybridized carbons (Fsp3) is 0.0714. The van der Waals surface area contributed by atoms with Gasteiger partial charge >= 0.3 is 0 Å². The summed E-state index contributed by atoms with van der Waals surface area (Å²) in [5, 5.41) is 0.688. The smallest absolute Gasteiger partial charge is 0.152 e. The minimum Gasteiger partial charge on any atom is -0.455 e. The number of benzene rings is 2. The van der Waals surface area contributed by atoms with Gasteiger partial charge in [0.2, 0.25) is 0 Å². The third-order valence-electron chi connectivity index (χ3n) is 2.86. The number of thiazole rings is 1. The number of nitrogens with two attached hydrogens (primary N) is 1. The Morgan fingerprint density at radius 3 is 2.79 bits per heavy atom. The van der Waals surface area contributed by atoms with Gasteiger partial charge in [0.15, 0.2) is 5.75 Å². The first-order valence-electron chi connectivity index (χ1n) is 5.71. The summed E-state index contributed by atoms with van der Waals surface area (Å²) in [4.78, 5) is 4.25. The Bertz CT molecular complexity index is 754. The van der Waals surface area contributed by atoms with Gasteiger partial charge in [0.05, 0.1) is 10.2 Å². The van der Waals surface area contributed by atoms with Crippen LogP contribution in [0.25, 0.3) is 10.2 Å². The summed E-state index contributed by atoms with van der Waals surface area (Å²) < 4.78 is 6.91. The summed E-state index contributed by atoms with van der Waals surface area (Å²) in [6.45, 7) is 1.94. The third-order valence-corrected chi connectivity index (χ3v) is 3.89. The highest BCUT2D eigenvalue weighted by Crippen LogP contribution is 2.35. The van der Waals surface area contributed by atoms with Crippen LogP contribution in [0.2, 0.25) is 5.02 Å². The third kappa shape index (κ3) is 2.25. The van der Waals surface area contributed by atoms with Gasteiger partial charge in [0, 0.05) is 5.02 Å². The van der Waals surface area contributed by atoms with Crippen molar-refractivity contribution in [3.8, 4) is 11.5 Å². The molecule has 0 radical (unpaired) electrons. The molecule has 3 aromatic rings. The maximum absolute atomic E-state index is 6.08. The summed E-state index contributed by atoms with van der Waals surface area (Å²) in [5.74, 6) is 1.36. The molecule has 0 unspecified atom stereocenters. The van der Waals surface area contributed by atoms with Crippen molar-refractivity contribution in [2.75, 3.05) is 5.73 Å². The number of halogens is 1. The lowest BCUT2D eigenvalue weighted by molar-refractivity contribution is 0.482. The first-order valence-corrected chi connectivity index (χ1v) is 6.96. The highest BCUT2D eigenvalue weighted by Gasteiger charge is 2.10. The normalized spacial score (nSPS) is 10.8. The fourth-order valence-electron chi connectivity index (χ4n) is 1.87. The van der Waals surface area contributed by atoms with Crippen LogP contribution in [-0.2, 0) is 0 Å². The van der Waals surface area contributed by atoms with Crippen LogP contribution in [0.1, 0.15) is 5.56 Å². The van der Waals surface area contributed by atoms with Crippen molar-refractivity contribution in [3.63, 3.8) is 0 Å². The van der Waals surface area contributed by atoms with Gasteiger partial charge in [-0.15, -0.1) is 11.3 Å². The molecule has 0 atom stereocenters. The maximum atomic E-state index is 6.08. The van der Waals surface area contributed by atoms with Gasteiger partial charge in [-0.05, 0) is 42.8 Å². The van der Waals surface area contributed by atoms with Crippen molar-refractivity contribution in [2.24, 2.45) is 0 Å². The molecule has 0 amide bonds. The summed E-state index contributed by atoms with van der Waals surface area (Å²) in [6.07, 6.45) is 0. The van der Waals surface area contributed by atoms with E-state index in [0.29, 0.717) is 16.5 Å². The molecule has 2 aromatic carbocycles. The molecular formula is C14H11ClN2OS. The number of nitrogens with zero attached hydrogens (tertiary/aromatic N) is 1. The molecule has 19 heavy (non-hydrogen) atoms. The lowest BCUT2D eigenvalue weighted by atomic mass is 10.2. The molecule has 0 aliphatic rings. The van der Waals surface area contributed by atoms with Gasteiger partial charge in [-0.1, -0.05) is 11.6 Å². The van der Waals surface area contributed by atoms with Crippen molar-refractivity contribution in [1.82, 2.24) is 4.98 Å². The average Bonchev–Trinajstić information content (AvgIpc) is 2.85. The first kappa shape index (κ1) is 12.3. The number of hydrogen-bond donors (Lipinski definition) is 1. The molecule has 1 aromatic heterocycles. The number of aromatic nitrogens is 1. The lowest BCUT2D eigenvalue weighted by Crippen LogP contribution is -1.94. The largest absolute Gasteiger partial charge is 0.455 e. The second kappa shape index (κ2) is 4.72. The molecule has 0 fully saturated rings. The van der Waals surface area contributed by atoms with Crippen LogP contribution in [0.3, 0.4) is 0 Å². The topological polar surface area (TPSA) is 48.1 Å². The van der Waals surface area contributed by atoms with Crippen molar-refractivity contribution < 1.29 is 4.74 Å². The van der Waals surface area contributed by atoms with E-state index in [0.717, 1.165) is 21.5 Å². The Labute approximate surface area is 119 Å². The summed E-state index contributed by atoms with van der Waals surface area (Å²) in [7, 11) is 0. The van der Waals surface area contributed by atoms with E-state index in [2.05, 4.69) is 4.98 Å². The molecule has 0 spiro atoms. The standard InChI is InChI=1S/C14H11ClN2OS/c1-8-6-9(15)2-3-10(8)18-11-4-5-12-14(13(11)16)17-7-19-12/h2-7H,16H2,1H3. The van der Waals surface area contributed by atoms with Crippen LogP contribution in [0.5, 0.6) is 11.5 Å². The number of fused-ring (bicyclic) bond motifs is 1. The number of hydrogen-bond acceptors (Lipinski definition) is 4. The van der Waals surface area contributed by atoms with Crippen molar-refractivity contribution in [1.29, 1.82) is 0 Å². The first-order chi connectivity index (χ1) is 9.15. The Hall–Kier alpha value is -1.78. The number of ether oxygens (including phenoxy) is 1. The van der Waals surface area contributed by atoms with Crippen LogP contribution in [0.15, 0.2) is 35.8 Å². The van der Waals surface area contributed by atoms with Crippen molar-refractivity contribution in [3.05, 3.63) is 46.4 Å². The second-order valence-electron chi connectivity index (χ2n) is 4.19. The number of rotatable bonds is 2. The Balaban J connectivity index is 2.03. The molecule has 96 valence electrons. The highest BCUT2D eigenvalue weighted by atomic mass is 35.5. The van der Waals surface area contributed by atoms with E-state index in [-0.39, 0.29) is 0 Å². The summed E-state index contributed by atoms with van der Waals surface area (Å²) in [6, 6.07) is 9.31. The van der Waals surface area contributed by atoms with E-state index in [1.54, 1.807) is 22.9 Å². The minimum atomic E-state index is 0.563. The molecule has 5 heteroatoms. The average molecular weight is 291 g/mol. The summed E-state index contributed by atoms with van der Waals surface area (Å²) >= 11 is 7.48. The zero-order valence-corrected chi connectivity index (χ0v) is 11.8. The van der Waals surface area contributed by atoms with Crippen LogP contribution in [-0.4, -0.2) is 4.98 Å². The molecule has 0 bridgehead atoms. The van der Waals surface area contributed by atoms with E-state index in [1.807, 2.05) is 31.2 Å². The Kier molecular flexibility index (Phi) is 3.05. The quantitative estimate of drug-likeness (QED) is 0.700. The van der Waals surface area contributed by atoms with Crippen LogP contribution >= 0.6 is 22.9 Å². The predicted molar refractivity (Wildman–Crippen MR) is 80.3 cm³/mol.